The lowest BCUT2D eigenvalue weighted by atomic mass is 10.1. The molecular weight excluding hydrogens is 218 g/mol. The molecule has 1 N–H and O–H groups in total. The average Bonchev–Trinajstić information content (AvgIpc) is 2.68. The predicted molar refractivity (Wildman–Crippen MR) is 63.4 cm³/mol. The summed E-state index contributed by atoms with van der Waals surface area (Å²) in [5, 5.41) is 9.75. The van der Waals surface area contributed by atoms with Crippen molar-refractivity contribution in [3.05, 3.63) is 35.9 Å². The van der Waals surface area contributed by atoms with Crippen molar-refractivity contribution >= 4 is 6.09 Å². The molecule has 92 valence electrons. The Hall–Kier alpha value is -1.55. The van der Waals surface area contributed by atoms with E-state index in [9.17, 15) is 9.90 Å². The molecule has 0 aliphatic carbocycles. The molecule has 1 fully saturated rings. The maximum absolute atomic E-state index is 11.7. The van der Waals surface area contributed by atoms with Gasteiger partial charge in [0, 0.05) is 6.54 Å². The van der Waals surface area contributed by atoms with Crippen molar-refractivity contribution < 1.29 is 14.6 Å². The monoisotopic (exact) mass is 235 g/mol. The number of rotatable bonds is 2. The molecule has 1 aromatic carbocycles. The second-order valence-electron chi connectivity index (χ2n) is 4.71. The van der Waals surface area contributed by atoms with E-state index >= 15 is 0 Å². The van der Waals surface area contributed by atoms with E-state index in [0.717, 1.165) is 5.56 Å². The molecule has 1 atom stereocenters. The summed E-state index contributed by atoms with van der Waals surface area (Å²) in [5.74, 6) is 0. The minimum Gasteiger partial charge on any atom is -0.445 e. The molecule has 0 unspecified atom stereocenters. The molecule has 0 bridgehead atoms. The molecule has 1 aliphatic heterocycles. The summed E-state index contributed by atoms with van der Waals surface area (Å²) in [5.41, 5.74) is 0.193. The third-order valence-corrected chi connectivity index (χ3v) is 2.92. The van der Waals surface area contributed by atoms with Gasteiger partial charge in [0.15, 0.2) is 0 Å². The summed E-state index contributed by atoms with van der Waals surface area (Å²) >= 11 is 0. The fourth-order valence-electron chi connectivity index (χ4n) is 1.91. The van der Waals surface area contributed by atoms with Crippen LogP contribution in [-0.4, -0.2) is 34.8 Å². The van der Waals surface area contributed by atoms with E-state index in [-0.39, 0.29) is 12.7 Å². The van der Waals surface area contributed by atoms with Crippen molar-refractivity contribution in [3.63, 3.8) is 0 Å². The van der Waals surface area contributed by atoms with Crippen molar-refractivity contribution in [1.82, 2.24) is 4.90 Å². The summed E-state index contributed by atoms with van der Waals surface area (Å²) < 4.78 is 5.18. The molecule has 1 amide bonds. The maximum atomic E-state index is 11.7. The molecule has 0 saturated carbocycles. The highest BCUT2D eigenvalue weighted by Crippen LogP contribution is 2.20. The number of ether oxygens (including phenoxy) is 1. The van der Waals surface area contributed by atoms with E-state index in [1.807, 2.05) is 30.3 Å². The second kappa shape index (κ2) is 4.75. The molecule has 4 nitrogen and oxygen atoms in total. The van der Waals surface area contributed by atoms with Gasteiger partial charge < -0.3 is 14.7 Å². The van der Waals surface area contributed by atoms with Crippen LogP contribution in [0.5, 0.6) is 0 Å². The average molecular weight is 235 g/mol. The summed E-state index contributed by atoms with van der Waals surface area (Å²) in [4.78, 5) is 13.2. The van der Waals surface area contributed by atoms with Crippen molar-refractivity contribution in [2.24, 2.45) is 0 Å². The second-order valence-corrected chi connectivity index (χ2v) is 4.71. The lowest BCUT2D eigenvalue weighted by Gasteiger charge is -2.18. The van der Waals surface area contributed by atoms with Crippen molar-refractivity contribution in [2.45, 2.75) is 25.6 Å². The topological polar surface area (TPSA) is 49.8 Å². The van der Waals surface area contributed by atoms with Crippen LogP contribution in [0.15, 0.2) is 30.3 Å². The number of hydrogen-bond acceptors (Lipinski definition) is 3. The van der Waals surface area contributed by atoms with Crippen LogP contribution in [0.3, 0.4) is 0 Å². The number of aliphatic hydroxyl groups is 1. The lowest BCUT2D eigenvalue weighted by molar-refractivity contribution is 0.0589. The molecule has 0 radical (unpaired) electrons. The molecule has 2 rings (SSSR count). The van der Waals surface area contributed by atoms with Crippen LogP contribution in [0.1, 0.15) is 18.9 Å². The van der Waals surface area contributed by atoms with Crippen LogP contribution in [0.2, 0.25) is 0 Å². The fourth-order valence-corrected chi connectivity index (χ4v) is 1.91. The van der Waals surface area contributed by atoms with E-state index in [1.54, 1.807) is 11.8 Å². The van der Waals surface area contributed by atoms with Crippen molar-refractivity contribution in [2.75, 3.05) is 13.1 Å². The Balaban J connectivity index is 1.83. The summed E-state index contributed by atoms with van der Waals surface area (Å²) in [7, 11) is 0. The first-order valence-corrected chi connectivity index (χ1v) is 5.75. The SMILES string of the molecule is C[C@@]1(O)CCN(C(=O)OCc2ccccc2)C1. The number of carbonyl (C=O) groups excluding carboxylic acids is 1. The van der Waals surface area contributed by atoms with Crippen LogP contribution >= 0.6 is 0 Å². The number of benzene rings is 1. The molecule has 1 aromatic rings. The van der Waals surface area contributed by atoms with Gasteiger partial charge in [-0.3, -0.25) is 0 Å². The van der Waals surface area contributed by atoms with E-state index in [1.165, 1.54) is 0 Å². The van der Waals surface area contributed by atoms with Gasteiger partial charge in [-0.05, 0) is 18.9 Å². The Morgan fingerprint density at radius 2 is 2.18 bits per heavy atom. The number of nitrogens with zero attached hydrogens (tertiary/aromatic N) is 1. The zero-order valence-electron chi connectivity index (χ0n) is 9.93. The van der Waals surface area contributed by atoms with Gasteiger partial charge in [0.2, 0.25) is 0 Å². The van der Waals surface area contributed by atoms with Gasteiger partial charge in [0.25, 0.3) is 0 Å². The van der Waals surface area contributed by atoms with Gasteiger partial charge in [-0.15, -0.1) is 0 Å². The number of amides is 1. The first kappa shape index (κ1) is 11.9. The first-order valence-electron chi connectivity index (χ1n) is 5.75. The van der Waals surface area contributed by atoms with Gasteiger partial charge in [-0.1, -0.05) is 30.3 Å². The Kier molecular flexibility index (Phi) is 3.33. The standard InChI is InChI=1S/C13H17NO3/c1-13(16)7-8-14(10-13)12(15)17-9-11-5-3-2-4-6-11/h2-6,16H,7-10H2,1H3/t13-/m1/s1. The molecule has 4 heteroatoms. The van der Waals surface area contributed by atoms with Crippen LogP contribution in [0.25, 0.3) is 0 Å². The van der Waals surface area contributed by atoms with Crippen LogP contribution in [-0.2, 0) is 11.3 Å². The molecule has 1 aliphatic rings. The molecule has 1 heterocycles. The predicted octanol–water partition coefficient (Wildman–Crippen LogP) is 1.78. The third kappa shape index (κ3) is 3.20. The highest BCUT2D eigenvalue weighted by molar-refractivity contribution is 5.68. The van der Waals surface area contributed by atoms with Crippen molar-refractivity contribution in [3.8, 4) is 0 Å². The normalized spacial score (nSPS) is 23.8. The lowest BCUT2D eigenvalue weighted by Crippen LogP contribution is -2.34. The Bertz CT molecular complexity index is 389. The summed E-state index contributed by atoms with van der Waals surface area (Å²) in [6.45, 7) is 2.91. The highest BCUT2D eigenvalue weighted by Gasteiger charge is 2.34. The third-order valence-electron chi connectivity index (χ3n) is 2.92. The van der Waals surface area contributed by atoms with Gasteiger partial charge >= 0.3 is 6.09 Å². The summed E-state index contributed by atoms with van der Waals surface area (Å²) in [6, 6.07) is 9.55. The Morgan fingerprint density at radius 3 is 2.76 bits per heavy atom. The van der Waals surface area contributed by atoms with E-state index in [2.05, 4.69) is 0 Å². The molecule has 0 aromatic heterocycles. The zero-order chi connectivity index (χ0) is 12.3. The van der Waals surface area contributed by atoms with E-state index in [0.29, 0.717) is 19.5 Å². The van der Waals surface area contributed by atoms with Gasteiger partial charge in [0.1, 0.15) is 6.61 Å². The molecule has 0 spiro atoms. The minimum absolute atomic E-state index is 0.276. The maximum Gasteiger partial charge on any atom is 0.410 e. The number of hydrogen-bond donors (Lipinski definition) is 1. The number of likely N-dealkylation sites (tertiary alicyclic amines) is 1. The first-order chi connectivity index (χ1) is 8.07. The zero-order valence-corrected chi connectivity index (χ0v) is 9.93. The fraction of sp³-hybridized carbons (Fsp3) is 0.462. The quantitative estimate of drug-likeness (QED) is 0.850. The molecular formula is C13H17NO3. The minimum atomic E-state index is -0.772. The number of β-amino-alcohol motifs (C(OH)–C–C–N with tert-alkyl or cyclic N) is 1. The van der Waals surface area contributed by atoms with Gasteiger partial charge in [-0.2, -0.15) is 0 Å². The van der Waals surface area contributed by atoms with Gasteiger partial charge in [0.05, 0.1) is 12.1 Å². The molecule has 17 heavy (non-hydrogen) atoms. The largest absolute Gasteiger partial charge is 0.445 e. The van der Waals surface area contributed by atoms with Crippen LogP contribution in [0.4, 0.5) is 4.79 Å². The summed E-state index contributed by atoms with van der Waals surface area (Å²) in [6.07, 6.45) is 0.250. The smallest absolute Gasteiger partial charge is 0.410 e. The van der Waals surface area contributed by atoms with Crippen LogP contribution in [0, 0.1) is 0 Å². The van der Waals surface area contributed by atoms with Crippen LogP contribution < -0.4 is 0 Å². The Morgan fingerprint density at radius 1 is 1.47 bits per heavy atom. The van der Waals surface area contributed by atoms with Gasteiger partial charge in [-0.25, -0.2) is 4.79 Å². The van der Waals surface area contributed by atoms with E-state index < -0.39 is 5.60 Å². The van der Waals surface area contributed by atoms with E-state index in [4.69, 9.17) is 4.74 Å². The van der Waals surface area contributed by atoms with Crippen molar-refractivity contribution in [1.29, 1.82) is 0 Å². The molecule has 1 saturated heterocycles. The Labute approximate surface area is 101 Å². The number of carbonyl (C=O) groups is 1. The highest BCUT2D eigenvalue weighted by atomic mass is 16.6.